The molecule has 0 aliphatic rings. The molecule has 0 bridgehead atoms. The quantitative estimate of drug-likeness (QED) is 0.639. The largest absolute Gasteiger partial charge is 0.481 e. The molecule has 1 unspecified atom stereocenters. The van der Waals surface area contributed by atoms with E-state index in [2.05, 4.69) is 0 Å². The highest BCUT2D eigenvalue weighted by atomic mass is 32.2. The zero-order valence-electron chi connectivity index (χ0n) is 9.25. The average molecular weight is 252 g/mol. The fourth-order valence-electron chi connectivity index (χ4n) is 1.26. The van der Waals surface area contributed by atoms with Crippen molar-refractivity contribution in [1.82, 2.24) is 0 Å². The highest BCUT2D eigenvalue weighted by Crippen LogP contribution is 2.15. The summed E-state index contributed by atoms with van der Waals surface area (Å²) in [5.74, 6) is -2.87. The van der Waals surface area contributed by atoms with Gasteiger partial charge in [0, 0.05) is 18.2 Å². The molecule has 0 heterocycles. The summed E-state index contributed by atoms with van der Waals surface area (Å²) in [5.41, 5.74) is 0.351. The number of carbonyl (C=O) groups is 3. The number of thioether (sulfide) groups is 1. The van der Waals surface area contributed by atoms with Crippen molar-refractivity contribution in [3.63, 3.8) is 0 Å². The first-order valence-corrected chi connectivity index (χ1v) is 5.96. The number of Topliss-reactive ketones (excluding diaryl/α,β-unsaturated/α-hetero) is 1. The Hall–Kier alpha value is -1.62. The maximum atomic E-state index is 11.9. The van der Waals surface area contributed by atoms with Gasteiger partial charge in [-0.1, -0.05) is 42.1 Å². The number of rotatable bonds is 5. The Morgan fingerprint density at radius 1 is 1.24 bits per heavy atom. The summed E-state index contributed by atoms with van der Waals surface area (Å²) in [7, 11) is 0. The maximum Gasteiger partial charge on any atom is 0.315 e. The Bertz CT molecular complexity index is 427. The molecule has 0 radical (unpaired) electrons. The topological polar surface area (TPSA) is 71.4 Å². The van der Waals surface area contributed by atoms with Crippen molar-refractivity contribution in [2.24, 2.45) is 5.92 Å². The molecular weight excluding hydrogens is 240 g/mol. The van der Waals surface area contributed by atoms with Crippen molar-refractivity contribution in [2.45, 2.75) is 6.92 Å². The molecular formula is C12H12O4S. The number of benzene rings is 1. The third kappa shape index (κ3) is 4.03. The predicted molar refractivity (Wildman–Crippen MR) is 65.0 cm³/mol. The van der Waals surface area contributed by atoms with Crippen LogP contribution in [-0.4, -0.2) is 27.7 Å². The van der Waals surface area contributed by atoms with Crippen LogP contribution in [0.2, 0.25) is 0 Å². The number of hydrogen-bond donors (Lipinski definition) is 1. The SMILES string of the molecule is CC(=O)SCC(C(=O)O)C(=O)c1ccccc1. The summed E-state index contributed by atoms with van der Waals surface area (Å²) in [6.45, 7) is 1.34. The average Bonchev–Trinajstić information content (AvgIpc) is 2.29. The van der Waals surface area contributed by atoms with Crippen LogP contribution in [0.15, 0.2) is 30.3 Å². The zero-order chi connectivity index (χ0) is 12.8. The smallest absolute Gasteiger partial charge is 0.315 e. The van der Waals surface area contributed by atoms with Gasteiger partial charge in [-0.05, 0) is 0 Å². The van der Waals surface area contributed by atoms with E-state index in [0.717, 1.165) is 11.8 Å². The summed E-state index contributed by atoms with van der Waals surface area (Å²) in [6.07, 6.45) is 0. The molecule has 0 amide bonds. The minimum atomic E-state index is -1.20. The number of ketones is 1. The Morgan fingerprint density at radius 3 is 2.29 bits per heavy atom. The molecule has 5 heteroatoms. The minimum absolute atomic E-state index is 0.0294. The predicted octanol–water partition coefficient (Wildman–Crippen LogP) is 1.85. The van der Waals surface area contributed by atoms with Crippen LogP contribution in [0, 0.1) is 5.92 Å². The molecule has 0 fully saturated rings. The van der Waals surface area contributed by atoms with Crippen LogP contribution in [0.25, 0.3) is 0 Å². The van der Waals surface area contributed by atoms with Gasteiger partial charge < -0.3 is 5.11 Å². The second kappa shape index (κ2) is 6.20. The lowest BCUT2D eigenvalue weighted by Gasteiger charge is -2.09. The Labute approximate surface area is 103 Å². The van der Waals surface area contributed by atoms with Gasteiger partial charge in [0.2, 0.25) is 0 Å². The lowest BCUT2D eigenvalue weighted by atomic mass is 9.99. The van der Waals surface area contributed by atoms with Crippen molar-refractivity contribution in [1.29, 1.82) is 0 Å². The van der Waals surface area contributed by atoms with Crippen LogP contribution >= 0.6 is 11.8 Å². The summed E-state index contributed by atoms with van der Waals surface area (Å²) < 4.78 is 0. The fraction of sp³-hybridized carbons (Fsp3) is 0.250. The molecule has 0 saturated heterocycles. The number of carbonyl (C=O) groups excluding carboxylic acids is 2. The summed E-state index contributed by atoms with van der Waals surface area (Å²) in [4.78, 5) is 33.7. The Morgan fingerprint density at radius 2 is 1.82 bits per heavy atom. The number of carboxylic acid groups (broad SMARTS) is 1. The van der Waals surface area contributed by atoms with E-state index >= 15 is 0 Å². The van der Waals surface area contributed by atoms with Gasteiger partial charge >= 0.3 is 5.97 Å². The van der Waals surface area contributed by atoms with E-state index in [4.69, 9.17) is 5.11 Å². The molecule has 4 nitrogen and oxygen atoms in total. The first-order valence-electron chi connectivity index (χ1n) is 4.98. The van der Waals surface area contributed by atoms with E-state index in [0.29, 0.717) is 5.56 Å². The molecule has 0 aliphatic carbocycles. The normalized spacial score (nSPS) is 11.8. The third-order valence-electron chi connectivity index (χ3n) is 2.13. The Balaban J connectivity index is 2.81. The van der Waals surface area contributed by atoms with Gasteiger partial charge in [-0.15, -0.1) is 0 Å². The zero-order valence-corrected chi connectivity index (χ0v) is 10.1. The van der Waals surface area contributed by atoms with Gasteiger partial charge in [0.1, 0.15) is 5.92 Å². The van der Waals surface area contributed by atoms with Crippen LogP contribution in [-0.2, 0) is 9.59 Å². The molecule has 90 valence electrons. The van der Waals surface area contributed by atoms with E-state index in [1.54, 1.807) is 30.3 Å². The van der Waals surface area contributed by atoms with Gasteiger partial charge in [-0.25, -0.2) is 0 Å². The van der Waals surface area contributed by atoms with Crippen molar-refractivity contribution < 1.29 is 19.5 Å². The molecule has 17 heavy (non-hydrogen) atoms. The first kappa shape index (κ1) is 13.4. The van der Waals surface area contributed by atoms with Crippen molar-refractivity contribution in [3.05, 3.63) is 35.9 Å². The van der Waals surface area contributed by atoms with Crippen molar-refractivity contribution in [3.8, 4) is 0 Å². The lowest BCUT2D eigenvalue weighted by molar-refractivity contribution is -0.139. The number of hydrogen-bond acceptors (Lipinski definition) is 4. The van der Waals surface area contributed by atoms with Crippen LogP contribution < -0.4 is 0 Å². The molecule has 0 aliphatic heterocycles. The third-order valence-corrected chi connectivity index (χ3v) is 3.03. The number of aliphatic carboxylic acids is 1. The van der Waals surface area contributed by atoms with Gasteiger partial charge in [-0.3, -0.25) is 14.4 Å². The summed E-state index contributed by atoms with van der Waals surface area (Å²) in [6, 6.07) is 8.22. The molecule has 1 aromatic rings. The lowest BCUT2D eigenvalue weighted by Crippen LogP contribution is -2.26. The molecule has 1 N–H and O–H groups in total. The summed E-state index contributed by atoms with van der Waals surface area (Å²) in [5, 5.41) is 8.78. The van der Waals surface area contributed by atoms with E-state index in [1.807, 2.05) is 0 Å². The highest BCUT2D eigenvalue weighted by molar-refractivity contribution is 8.13. The molecule has 1 rings (SSSR count). The minimum Gasteiger partial charge on any atom is -0.481 e. The van der Waals surface area contributed by atoms with Gasteiger partial charge in [-0.2, -0.15) is 0 Å². The van der Waals surface area contributed by atoms with Gasteiger partial charge in [0.15, 0.2) is 10.9 Å². The van der Waals surface area contributed by atoms with E-state index < -0.39 is 17.7 Å². The van der Waals surface area contributed by atoms with E-state index in [1.165, 1.54) is 6.92 Å². The van der Waals surface area contributed by atoms with Crippen molar-refractivity contribution >= 4 is 28.6 Å². The first-order chi connectivity index (χ1) is 8.02. The molecule has 1 aromatic carbocycles. The van der Waals surface area contributed by atoms with Crippen molar-refractivity contribution in [2.75, 3.05) is 5.75 Å². The highest BCUT2D eigenvalue weighted by Gasteiger charge is 2.27. The molecule has 0 spiro atoms. The monoisotopic (exact) mass is 252 g/mol. The van der Waals surface area contributed by atoms with Crippen LogP contribution in [0.5, 0.6) is 0 Å². The second-order valence-corrected chi connectivity index (χ2v) is 4.62. The summed E-state index contributed by atoms with van der Waals surface area (Å²) >= 11 is 0.850. The second-order valence-electron chi connectivity index (χ2n) is 3.42. The molecule has 0 saturated carbocycles. The van der Waals surface area contributed by atoms with E-state index in [-0.39, 0.29) is 10.9 Å². The molecule has 0 aromatic heterocycles. The van der Waals surface area contributed by atoms with Crippen LogP contribution in [0.3, 0.4) is 0 Å². The number of carboxylic acids is 1. The fourth-order valence-corrected chi connectivity index (χ4v) is 1.96. The van der Waals surface area contributed by atoms with Crippen LogP contribution in [0.1, 0.15) is 17.3 Å². The molecule has 1 atom stereocenters. The van der Waals surface area contributed by atoms with Gasteiger partial charge in [0.25, 0.3) is 0 Å². The maximum absolute atomic E-state index is 11.9. The standard InChI is InChI=1S/C12H12O4S/c1-8(13)17-7-10(12(15)16)11(14)9-5-3-2-4-6-9/h2-6,10H,7H2,1H3,(H,15,16). The van der Waals surface area contributed by atoms with E-state index in [9.17, 15) is 14.4 Å². The van der Waals surface area contributed by atoms with Crippen LogP contribution in [0.4, 0.5) is 0 Å². The Kier molecular flexibility index (Phi) is 4.90. The van der Waals surface area contributed by atoms with Gasteiger partial charge in [0.05, 0.1) is 0 Å².